The molecule has 0 radical (unpaired) electrons. The van der Waals surface area contributed by atoms with Gasteiger partial charge in [-0.1, -0.05) is 19.0 Å². The van der Waals surface area contributed by atoms with Crippen LogP contribution in [0.2, 0.25) is 0 Å². The van der Waals surface area contributed by atoms with Gasteiger partial charge in [0, 0.05) is 44.5 Å². The van der Waals surface area contributed by atoms with Crippen molar-refractivity contribution < 1.29 is 4.52 Å². The van der Waals surface area contributed by atoms with Gasteiger partial charge in [0.15, 0.2) is 5.82 Å². The molecule has 1 aliphatic rings. The van der Waals surface area contributed by atoms with Crippen LogP contribution < -0.4 is 4.90 Å². The summed E-state index contributed by atoms with van der Waals surface area (Å²) >= 11 is 0. The molecule has 0 aliphatic carbocycles. The minimum atomic E-state index is 0.143. The molecule has 3 rings (SSSR count). The van der Waals surface area contributed by atoms with Gasteiger partial charge in [0.25, 0.3) is 0 Å². The smallest absolute Gasteiger partial charge is 0.243 e. The van der Waals surface area contributed by atoms with E-state index in [0.29, 0.717) is 11.8 Å². The molecule has 1 unspecified atom stereocenters. The highest BCUT2D eigenvalue weighted by Crippen LogP contribution is 2.23. The van der Waals surface area contributed by atoms with E-state index in [0.717, 1.165) is 37.8 Å². The Labute approximate surface area is 130 Å². The fourth-order valence-electron chi connectivity index (χ4n) is 2.60. The highest BCUT2D eigenvalue weighted by atomic mass is 16.5. The summed E-state index contributed by atoms with van der Waals surface area (Å²) < 4.78 is 5.41. The molecule has 0 bridgehead atoms. The molecule has 7 nitrogen and oxygen atoms in total. The van der Waals surface area contributed by atoms with Crippen LogP contribution in [0.3, 0.4) is 0 Å². The predicted octanol–water partition coefficient (Wildman–Crippen LogP) is 1.87. The maximum Gasteiger partial charge on any atom is 0.243 e. The summed E-state index contributed by atoms with van der Waals surface area (Å²) in [6.45, 7) is 9.99. The van der Waals surface area contributed by atoms with E-state index in [1.54, 1.807) is 12.4 Å². The lowest BCUT2D eigenvalue weighted by Crippen LogP contribution is -2.47. The van der Waals surface area contributed by atoms with Crippen LogP contribution in [-0.4, -0.2) is 51.2 Å². The molecule has 0 saturated carbocycles. The van der Waals surface area contributed by atoms with Crippen LogP contribution >= 0.6 is 0 Å². The minimum Gasteiger partial charge on any atom is -0.353 e. The van der Waals surface area contributed by atoms with Gasteiger partial charge in [-0.25, -0.2) is 4.98 Å². The Kier molecular flexibility index (Phi) is 4.33. The summed E-state index contributed by atoms with van der Waals surface area (Å²) in [7, 11) is 0. The van der Waals surface area contributed by atoms with Gasteiger partial charge in [-0.05, 0) is 6.92 Å². The van der Waals surface area contributed by atoms with Crippen molar-refractivity contribution in [2.45, 2.75) is 32.7 Å². The molecule has 0 N–H and O–H groups in total. The Balaban J connectivity index is 1.60. The van der Waals surface area contributed by atoms with Gasteiger partial charge in [-0.2, -0.15) is 4.98 Å². The van der Waals surface area contributed by atoms with Crippen LogP contribution in [0.15, 0.2) is 23.1 Å². The van der Waals surface area contributed by atoms with Crippen LogP contribution in [0, 0.1) is 0 Å². The summed E-state index contributed by atoms with van der Waals surface area (Å²) in [5.74, 6) is 2.71. The molecule has 118 valence electrons. The van der Waals surface area contributed by atoms with Gasteiger partial charge in [0.05, 0.1) is 12.2 Å². The third-order valence-electron chi connectivity index (χ3n) is 4.07. The van der Waals surface area contributed by atoms with Crippen molar-refractivity contribution >= 4 is 5.82 Å². The van der Waals surface area contributed by atoms with E-state index in [1.165, 1.54) is 0 Å². The SMILES string of the molecule is CC(C)c1noc(C(C)N2CCN(c3cnccn3)CC2)n1. The third-order valence-corrected chi connectivity index (χ3v) is 4.07. The van der Waals surface area contributed by atoms with Crippen molar-refractivity contribution in [1.82, 2.24) is 25.0 Å². The number of nitrogens with zero attached hydrogens (tertiary/aromatic N) is 6. The fraction of sp³-hybridized carbons (Fsp3) is 0.600. The number of anilines is 1. The van der Waals surface area contributed by atoms with Crippen LogP contribution in [0.4, 0.5) is 5.82 Å². The van der Waals surface area contributed by atoms with Crippen LogP contribution in [0.5, 0.6) is 0 Å². The summed E-state index contributed by atoms with van der Waals surface area (Å²) in [6, 6.07) is 0.143. The summed E-state index contributed by atoms with van der Waals surface area (Å²) in [5, 5.41) is 4.05. The molecular formula is C15H22N6O. The van der Waals surface area contributed by atoms with Crippen molar-refractivity contribution in [1.29, 1.82) is 0 Å². The molecule has 3 heterocycles. The Morgan fingerprint density at radius 2 is 1.86 bits per heavy atom. The molecule has 2 aromatic heterocycles. The van der Waals surface area contributed by atoms with E-state index < -0.39 is 0 Å². The van der Waals surface area contributed by atoms with Crippen LogP contribution in [-0.2, 0) is 0 Å². The van der Waals surface area contributed by atoms with Gasteiger partial charge in [-0.3, -0.25) is 9.88 Å². The largest absolute Gasteiger partial charge is 0.353 e. The Morgan fingerprint density at radius 3 is 2.45 bits per heavy atom. The van der Waals surface area contributed by atoms with E-state index >= 15 is 0 Å². The van der Waals surface area contributed by atoms with E-state index in [9.17, 15) is 0 Å². The predicted molar refractivity (Wildman–Crippen MR) is 82.6 cm³/mol. The van der Waals surface area contributed by atoms with Crippen molar-refractivity contribution in [2.24, 2.45) is 0 Å². The van der Waals surface area contributed by atoms with Gasteiger partial charge < -0.3 is 9.42 Å². The zero-order valence-corrected chi connectivity index (χ0v) is 13.3. The normalized spacial score (nSPS) is 17.9. The Morgan fingerprint density at radius 1 is 1.09 bits per heavy atom. The second kappa shape index (κ2) is 6.39. The highest BCUT2D eigenvalue weighted by Gasteiger charge is 2.26. The lowest BCUT2D eigenvalue weighted by atomic mass is 10.2. The molecule has 1 atom stereocenters. The first kappa shape index (κ1) is 14.9. The van der Waals surface area contributed by atoms with E-state index in [2.05, 4.69) is 50.7 Å². The first-order chi connectivity index (χ1) is 10.6. The second-order valence-electron chi connectivity index (χ2n) is 5.91. The van der Waals surface area contributed by atoms with Gasteiger partial charge in [0.1, 0.15) is 5.82 Å². The van der Waals surface area contributed by atoms with Crippen molar-refractivity contribution in [3.63, 3.8) is 0 Å². The lowest BCUT2D eigenvalue weighted by Gasteiger charge is -2.37. The summed E-state index contributed by atoms with van der Waals surface area (Å²) in [5.41, 5.74) is 0. The first-order valence-electron chi connectivity index (χ1n) is 7.73. The van der Waals surface area contributed by atoms with Gasteiger partial charge >= 0.3 is 0 Å². The topological polar surface area (TPSA) is 71.2 Å². The molecule has 1 aliphatic heterocycles. The summed E-state index contributed by atoms with van der Waals surface area (Å²) in [6.07, 6.45) is 5.24. The minimum absolute atomic E-state index is 0.143. The maximum atomic E-state index is 5.41. The lowest BCUT2D eigenvalue weighted by molar-refractivity contribution is 0.164. The molecule has 0 amide bonds. The monoisotopic (exact) mass is 302 g/mol. The maximum absolute atomic E-state index is 5.41. The second-order valence-corrected chi connectivity index (χ2v) is 5.91. The van der Waals surface area contributed by atoms with E-state index in [4.69, 9.17) is 4.52 Å². The molecule has 0 spiro atoms. The number of rotatable bonds is 4. The van der Waals surface area contributed by atoms with E-state index in [1.807, 2.05) is 6.20 Å². The molecule has 0 aromatic carbocycles. The molecule has 1 fully saturated rings. The number of hydrogen-bond acceptors (Lipinski definition) is 7. The standard InChI is InChI=1S/C15H22N6O/c1-11(2)14-18-15(22-19-14)12(3)20-6-8-21(9-7-20)13-10-16-4-5-17-13/h4-5,10-12H,6-9H2,1-3H3. The molecule has 2 aromatic rings. The van der Waals surface area contributed by atoms with Crippen molar-refractivity contribution in [2.75, 3.05) is 31.1 Å². The third kappa shape index (κ3) is 3.09. The summed E-state index contributed by atoms with van der Waals surface area (Å²) in [4.78, 5) is 17.6. The van der Waals surface area contributed by atoms with Crippen LogP contribution in [0.1, 0.15) is 44.4 Å². The van der Waals surface area contributed by atoms with Gasteiger partial charge in [0.2, 0.25) is 5.89 Å². The average Bonchev–Trinajstić information content (AvgIpc) is 3.05. The van der Waals surface area contributed by atoms with E-state index in [-0.39, 0.29) is 6.04 Å². The zero-order chi connectivity index (χ0) is 15.5. The van der Waals surface area contributed by atoms with Gasteiger partial charge in [-0.15, -0.1) is 0 Å². The molecular weight excluding hydrogens is 280 g/mol. The fourth-order valence-corrected chi connectivity index (χ4v) is 2.60. The first-order valence-corrected chi connectivity index (χ1v) is 7.73. The van der Waals surface area contributed by atoms with Crippen molar-refractivity contribution in [3.8, 4) is 0 Å². The molecule has 7 heteroatoms. The number of piperazine rings is 1. The zero-order valence-electron chi connectivity index (χ0n) is 13.3. The average molecular weight is 302 g/mol. The van der Waals surface area contributed by atoms with Crippen molar-refractivity contribution in [3.05, 3.63) is 30.3 Å². The Bertz CT molecular complexity index is 591. The van der Waals surface area contributed by atoms with Crippen LogP contribution in [0.25, 0.3) is 0 Å². The molecule has 1 saturated heterocycles. The number of aromatic nitrogens is 4. The molecule has 22 heavy (non-hydrogen) atoms. The highest BCUT2D eigenvalue weighted by molar-refractivity contribution is 5.35. The quantitative estimate of drug-likeness (QED) is 0.853. The number of hydrogen-bond donors (Lipinski definition) is 0. The Hall–Kier alpha value is -2.02.